The summed E-state index contributed by atoms with van der Waals surface area (Å²) in [5.41, 5.74) is 6.70. The number of carboxylic acids is 1. The number of aromatic carboxylic acids is 1. The Morgan fingerprint density at radius 2 is 2.26 bits per heavy atom. The molecule has 19 heavy (non-hydrogen) atoms. The molecule has 0 radical (unpaired) electrons. The molecule has 6 nitrogen and oxygen atoms in total. The van der Waals surface area contributed by atoms with Crippen LogP contribution in [0.4, 0.5) is 16.6 Å². The third kappa shape index (κ3) is 3.00. The second-order valence-corrected chi connectivity index (χ2v) is 5.18. The van der Waals surface area contributed by atoms with Gasteiger partial charge in [-0.15, -0.1) is 11.3 Å². The molecule has 100 valence electrons. The van der Waals surface area contributed by atoms with Gasteiger partial charge >= 0.3 is 5.97 Å². The fourth-order valence-electron chi connectivity index (χ4n) is 1.44. The van der Waals surface area contributed by atoms with Crippen molar-refractivity contribution in [2.45, 2.75) is 19.8 Å². The molecule has 0 fully saturated rings. The Morgan fingerprint density at radius 1 is 1.53 bits per heavy atom. The van der Waals surface area contributed by atoms with E-state index in [0.717, 1.165) is 5.69 Å². The van der Waals surface area contributed by atoms with Crippen molar-refractivity contribution in [2.75, 3.05) is 11.1 Å². The highest BCUT2D eigenvalue weighted by Crippen LogP contribution is 2.25. The van der Waals surface area contributed by atoms with Crippen molar-refractivity contribution in [1.82, 2.24) is 9.97 Å². The van der Waals surface area contributed by atoms with E-state index in [1.54, 1.807) is 0 Å². The Hall–Kier alpha value is -2.15. The fourth-order valence-corrected chi connectivity index (χ4v) is 2.32. The summed E-state index contributed by atoms with van der Waals surface area (Å²) in [6, 6.07) is 1.40. The second kappa shape index (κ2) is 5.23. The quantitative estimate of drug-likeness (QED) is 0.794. The van der Waals surface area contributed by atoms with E-state index in [-0.39, 0.29) is 11.3 Å². The van der Waals surface area contributed by atoms with Crippen molar-refractivity contribution in [3.8, 4) is 0 Å². The zero-order valence-electron chi connectivity index (χ0n) is 10.5. The summed E-state index contributed by atoms with van der Waals surface area (Å²) in [4.78, 5) is 19.4. The monoisotopic (exact) mass is 278 g/mol. The van der Waals surface area contributed by atoms with Crippen LogP contribution in [0.3, 0.4) is 0 Å². The number of pyridine rings is 1. The molecule has 2 heterocycles. The maximum absolute atomic E-state index is 11.0. The van der Waals surface area contributed by atoms with Crippen molar-refractivity contribution in [3.05, 3.63) is 28.9 Å². The minimum Gasteiger partial charge on any atom is -0.478 e. The van der Waals surface area contributed by atoms with Gasteiger partial charge in [-0.1, -0.05) is 13.8 Å². The predicted molar refractivity (Wildman–Crippen MR) is 75.1 cm³/mol. The number of hydrogen-bond donors (Lipinski definition) is 3. The lowest BCUT2D eigenvalue weighted by molar-refractivity contribution is 0.0698. The maximum Gasteiger partial charge on any atom is 0.337 e. The lowest BCUT2D eigenvalue weighted by Gasteiger charge is -2.05. The Morgan fingerprint density at radius 3 is 2.84 bits per heavy atom. The third-order valence-corrected chi connectivity index (χ3v) is 3.29. The van der Waals surface area contributed by atoms with Crippen LogP contribution in [0.25, 0.3) is 0 Å². The molecule has 4 N–H and O–H groups in total. The zero-order chi connectivity index (χ0) is 14.0. The summed E-state index contributed by atoms with van der Waals surface area (Å²) in [6.45, 7) is 4.12. The number of nitrogen functional groups attached to an aromatic ring is 1. The molecule has 0 spiro atoms. The molecular formula is C12H14N4O2S. The van der Waals surface area contributed by atoms with Crippen molar-refractivity contribution in [3.63, 3.8) is 0 Å². The summed E-state index contributed by atoms with van der Waals surface area (Å²) in [6.07, 6.45) is 1.32. The van der Waals surface area contributed by atoms with E-state index in [4.69, 9.17) is 10.8 Å². The molecule has 2 aromatic heterocycles. The van der Waals surface area contributed by atoms with Crippen molar-refractivity contribution in [2.24, 2.45) is 0 Å². The van der Waals surface area contributed by atoms with Gasteiger partial charge in [-0.05, 0) is 12.0 Å². The maximum atomic E-state index is 11.0. The number of hydrogen-bond acceptors (Lipinski definition) is 6. The predicted octanol–water partition coefficient (Wildman–Crippen LogP) is 2.69. The number of carboxylic acid groups (broad SMARTS) is 1. The van der Waals surface area contributed by atoms with Crippen LogP contribution in [-0.4, -0.2) is 21.0 Å². The van der Waals surface area contributed by atoms with Crippen molar-refractivity contribution >= 4 is 33.9 Å². The fraction of sp³-hybridized carbons (Fsp3) is 0.250. The molecule has 0 atom stereocenters. The first-order valence-electron chi connectivity index (χ1n) is 5.68. The summed E-state index contributed by atoms with van der Waals surface area (Å²) in [5, 5.41) is 14.6. The summed E-state index contributed by atoms with van der Waals surface area (Å²) < 4.78 is 0. The topological polar surface area (TPSA) is 101 Å². The van der Waals surface area contributed by atoms with E-state index in [9.17, 15) is 4.79 Å². The highest BCUT2D eigenvalue weighted by atomic mass is 32.1. The van der Waals surface area contributed by atoms with Gasteiger partial charge in [-0.3, -0.25) is 0 Å². The van der Waals surface area contributed by atoms with Crippen LogP contribution in [0.2, 0.25) is 0 Å². The first-order valence-corrected chi connectivity index (χ1v) is 6.56. The average Bonchev–Trinajstić information content (AvgIpc) is 2.80. The number of aromatic nitrogens is 2. The highest BCUT2D eigenvalue weighted by Gasteiger charge is 2.11. The van der Waals surface area contributed by atoms with Gasteiger partial charge in [0.05, 0.1) is 23.1 Å². The number of anilines is 3. The number of nitrogens with one attached hydrogen (secondary N) is 1. The van der Waals surface area contributed by atoms with E-state index in [0.29, 0.717) is 16.9 Å². The number of carbonyl (C=O) groups is 1. The van der Waals surface area contributed by atoms with Gasteiger partial charge < -0.3 is 16.2 Å². The molecule has 0 saturated heterocycles. The summed E-state index contributed by atoms with van der Waals surface area (Å²) >= 11 is 1.45. The number of nitrogens with two attached hydrogens (primary N) is 1. The zero-order valence-corrected chi connectivity index (χ0v) is 11.4. The van der Waals surface area contributed by atoms with Crippen LogP contribution in [0.5, 0.6) is 0 Å². The van der Waals surface area contributed by atoms with Crippen molar-refractivity contribution < 1.29 is 9.90 Å². The van der Waals surface area contributed by atoms with Crippen LogP contribution >= 0.6 is 11.3 Å². The minimum atomic E-state index is -1.08. The number of rotatable bonds is 4. The lowest BCUT2D eigenvalue weighted by atomic mass is 10.2. The Labute approximate surface area is 114 Å². The van der Waals surface area contributed by atoms with Gasteiger partial charge in [0.15, 0.2) is 5.13 Å². The average molecular weight is 278 g/mol. The van der Waals surface area contributed by atoms with Gasteiger partial charge in [-0.2, -0.15) is 0 Å². The molecule has 0 unspecified atom stereocenters. The molecule has 2 rings (SSSR count). The Bertz CT molecular complexity index is 610. The van der Waals surface area contributed by atoms with Crippen LogP contribution in [0, 0.1) is 0 Å². The van der Waals surface area contributed by atoms with Gasteiger partial charge in [0.1, 0.15) is 5.82 Å². The Balaban J connectivity index is 2.23. The molecule has 0 aliphatic rings. The summed E-state index contributed by atoms with van der Waals surface area (Å²) in [5.74, 6) is -0.318. The molecule has 0 bridgehead atoms. The standard InChI is InChI=1S/C12H14N4O2S/c1-6(2)9-5-19-12(15-9)16-10-3-7(11(17)18)8(13)4-14-10/h3-6H,13H2,1-2H3,(H,17,18)(H,14,15,16). The third-order valence-electron chi connectivity index (χ3n) is 2.51. The first-order chi connectivity index (χ1) is 8.97. The molecule has 0 aliphatic heterocycles. The van der Waals surface area contributed by atoms with Gasteiger partial charge in [-0.25, -0.2) is 14.8 Å². The molecule has 2 aromatic rings. The minimum absolute atomic E-state index is 0.0261. The van der Waals surface area contributed by atoms with Gasteiger partial charge in [0, 0.05) is 5.38 Å². The molecule has 0 amide bonds. The van der Waals surface area contributed by atoms with E-state index in [1.807, 2.05) is 5.38 Å². The molecule has 7 heteroatoms. The van der Waals surface area contributed by atoms with Crippen LogP contribution < -0.4 is 11.1 Å². The van der Waals surface area contributed by atoms with Gasteiger partial charge in [0.25, 0.3) is 0 Å². The number of thiazole rings is 1. The van der Waals surface area contributed by atoms with E-state index < -0.39 is 5.97 Å². The van der Waals surface area contributed by atoms with E-state index in [2.05, 4.69) is 29.1 Å². The highest BCUT2D eigenvalue weighted by molar-refractivity contribution is 7.13. The number of nitrogens with zero attached hydrogens (tertiary/aromatic N) is 2. The van der Waals surface area contributed by atoms with Crippen LogP contribution in [0.15, 0.2) is 17.6 Å². The molecule has 0 aliphatic carbocycles. The van der Waals surface area contributed by atoms with E-state index >= 15 is 0 Å². The largest absolute Gasteiger partial charge is 0.478 e. The van der Waals surface area contributed by atoms with Crippen LogP contribution in [-0.2, 0) is 0 Å². The normalized spacial score (nSPS) is 10.7. The summed E-state index contributed by atoms with van der Waals surface area (Å²) in [7, 11) is 0. The van der Waals surface area contributed by atoms with Gasteiger partial charge in [0.2, 0.25) is 0 Å². The smallest absolute Gasteiger partial charge is 0.337 e. The Kier molecular flexibility index (Phi) is 3.66. The van der Waals surface area contributed by atoms with E-state index in [1.165, 1.54) is 23.6 Å². The SMILES string of the molecule is CC(C)c1csc(Nc2cc(C(=O)O)c(N)cn2)n1. The van der Waals surface area contributed by atoms with Crippen molar-refractivity contribution in [1.29, 1.82) is 0 Å². The molecular weight excluding hydrogens is 264 g/mol. The lowest BCUT2D eigenvalue weighted by Crippen LogP contribution is -2.05. The first kappa shape index (κ1) is 13.3. The molecule has 0 aromatic carbocycles. The molecule has 0 saturated carbocycles. The van der Waals surface area contributed by atoms with Crippen LogP contribution in [0.1, 0.15) is 35.8 Å². The second-order valence-electron chi connectivity index (χ2n) is 4.32.